The number of hydrogen-bond donors (Lipinski definition) is 1. The summed E-state index contributed by atoms with van der Waals surface area (Å²) in [5.41, 5.74) is 1.61. The number of aryl methyl sites for hydroxylation is 1. The summed E-state index contributed by atoms with van der Waals surface area (Å²) in [4.78, 5) is 0. The molecule has 2 heteroatoms. The van der Waals surface area contributed by atoms with Crippen molar-refractivity contribution in [2.24, 2.45) is 11.3 Å². The minimum atomic E-state index is 0.213. The van der Waals surface area contributed by atoms with Crippen molar-refractivity contribution < 1.29 is 5.11 Å². The zero-order chi connectivity index (χ0) is 10.6. The van der Waals surface area contributed by atoms with Gasteiger partial charge in [0.05, 0.1) is 0 Å². The van der Waals surface area contributed by atoms with E-state index in [1.54, 1.807) is 11.3 Å². The van der Waals surface area contributed by atoms with Crippen molar-refractivity contribution in [1.29, 1.82) is 0 Å². The topological polar surface area (TPSA) is 20.2 Å². The quantitative estimate of drug-likeness (QED) is 0.811. The fourth-order valence-corrected chi connectivity index (χ4v) is 2.28. The van der Waals surface area contributed by atoms with Crippen LogP contribution in [0.25, 0.3) is 0 Å². The van der Waals surface area contributed by atoms with Crippen LogP contribution < -0.4 is 0 Å². The highest BCUT2D eigenvalue weighted by atomic mass is 32.1. The molecule has 1 rings (SSSR count). The van der Waals surface area contributed by atoms with Crippen molar-refractivity contribution >= 4 is 11.3 Å². The average molecular weight is 212 g/mol. The third kappa shape index (κ3) is 3.43. The largest absolute Gasteiger partial charge is 0.396 e. The summed E-state index contributed by atoms with van der Waals surface area (Å²) >= 11 is 1.74. The second kappa shape index (κ2) is 4.94. The van der Waals surface area contributed by atoms with Crippen LogP contribution in [0.3, 0.4) is 0 Å². The molecule has 0 bridgehead atoms. The summed E-state index contributed by atoms with van der Waals surface area (Å²) in [5, 5.41) is 13.6. The van der Waals surface area contributed by atoms with Crippen molar-refractivity contribution in [1.82, 2.24) is 0 Å². The Kier molecular flexibility index (Phi) is 4.14. The molecule has 0 aromatic carbocycles. The molecule has 1 unspecified atom stereocenters. The molecule has 0 saturated heterocycles. The van der Waals surface area contributed by atoms with Gasteiger partial charge >= 0.3 is 0 Å². The third-order valence-corrected chi connectivity index (χ3v) is 3.54. The van der Waals surface area contributed by atoms with Crippen LogP contribution in [-0.2, 0) is 6.42 Å². The van der Waals surface area contributed by atoms with E-state index in [-0.39, 0.29) is 5.41 Å². The van der Waals surface area contributed by atoms with Gasteiger partial charge in [-0.15, -0.1) is 0 Å². The molecule has 0 amide bonds. The maximum Gasteiger partial charge on any atom is 0.0464 e. The summed E-state index contributed by atoms with van der Waals surface area (Å²) in [6.45, 7) is 6.89. The van der Waals surface area contributed by atoms with E-state index in [4.69, 9.17) is 0 Å². The highest BCUT2D eigenvalue weighted by Crippen LogP contribution is 2.29. The molecule has 0 aliphatic carbocycles. The van der Waals surface area contributed by atoms with Crippen molar-refractivity contribution in [3.8, 4) is 0 Å². The van der Waals surface area contributed by atoms with E-state index in [0.717, 1.165) is 12.8 Å². The van der Waals surface area contributed by atoms with E-state index in [9.17, 15) is 5.11 Å². The second-order valence-electron chi connectivity index (χ2n) is 4.92. The van der Waals surface area contributed by atoms with Crippen LogP contribution >= 0.6 is 11.3 Å². The number of aliphatic hydroxyl groups is 1. The highest BCUT2D eigenvalue weighted by molar-refractivity contribution is 7.07. The molecule has 1 atom stereocenters. The second-order valence-corrected chi connectivity index (χ2v) is 5.70. The number of rotatable bonds is 4. The van der Waals surface area contributed by atoms with Gasteiger partial charge in [0.1, 0.15) is 0 Å². The minimum absolute atomic E-state index is 0.213. The van der Waals surface area contributed by atoms with Crippen molar-refractivity contribution in [3.05, 3.63) is 22.4 Å². The Morgan fingerprint density at radius 3 is 2.57 bits per heavy atom. The van der Waals surface area contributed by atoms with Gasteiger partial charge in [-0.3, -0.25) is 0 Å². The van der Waals surface area contributed by atoms with Gasteiger partial charge in [-0.25, -0.2) is 0 Å². The molecule has 0 spiro atoms. The molecule has 1 nitrogen and oxygen atoms in total. The van der Waals surface area contributed by atoms with Gasteiger partial charge in [-0.2, -0.15) is 11.3 Å². The Hall–Kier alpha value is -0.340. The van der Waals surface area contributed by atoms with Crippen LogP contribution in [0.2, 0.25) is 0 Å². The molecule has 0 radical (unpaired) electrons. The van der Waals surface area contributed by atoms with E-state index in [2.05, 4.69) is 37.6 Å². The predicted octanol–water partition coefficient (Wildman–Crippen LogP) is 3.34. The van der Waals surface area contributed by atoms with Crippen LogP contribution in [0.15, 0.2) is 16.8 Å². The fourth-order valence-electron chi connectivity index (χ4n) is 1.57. The lowest BCUT2D eigenvalue weighted by atomic mass is 9.78. The van der Waals surface area contributed by atoms with Gasteiger partial charge in [0.2, 0.25) is 0 Å². The van der Waals surface area contributed by atoms with E-state index < -0.39 is 0 Å². The first kappa shape index (κ1) is 11.7. The maximum atomic E-state index is 9.29. The standard InChI is InChI=1S/C12H20OS/c1-12(2,3)11(8-13)5-4-10-6-7-14-9-10/h6-7,9,11,13H,4-5,8H2,1-3H3. The zero-order valence-corrected chi connectivity index (χ0v) is 10.1. The molecular weight excluding hydrogens is 192 g/mol. The Balaban J connectivity index is 2.43. The zero-order valence-electron chi connectivity index (χ0n) is 9.29. The average Bonchev–Trinajstić information content (AvgIpc) is 2.55. The summed E-state index contributed by atoms with van der Waals surface area (Å²) in [6, 6.07) is 2.17. The molecule has 1 aromatic rings. The first-order chi connectivity index (χ1) is 6.54. The fraction of sp³-hybridized carbons (Fsp3) is 0.667. The van der Waals surface area contributed by atoms with Gasteiger partial charge < -0.3 is 5.11 Å². The van der Waals surface area contributed by atoms with E-state index in [1.165, 1.54) is 5.56 Å². The summed E-state index contributed by atoms with van der Waals surface area (Å²) < 4.78 is 0. The normalized spacial score (nSPS) is 14.3. The molecule has 1 heterocycles. The predicted molar refractivity (Wildman–Crippen MR) is 62.7 cm³/mol. The van der Waals surface area contributed by atoms with E-state index in [0.29, 0.717) is 12.5 Å². The van der Waals surface area contributed by atoms with Crippen LogP contribution in [0.1, 0.15) is 32.8 Å². The minimum Gasteiger partial charge on any atom is -0.396 e. The molecule has 1 N–H and O–H groups in total. The van der Waals surface area contributed by atoms with Crippen LogP contribution in [0, 0.1) is 11.3 Å². The molecule has 0 aliphatic heterocycles. The Morgan fingerprint density at radius 2 is 2.14 bits per heavy atom. The summed E-state index contributed by atoms with van der Waals surface area (Å²) in [5.74, 6) is 0.405. The van der Waals surface area contributed by atoms with Crippen molar-refractivity contribution in [2.45, 2.75) is 33.6 Å². The number of aliphatic hydroxyl groups excluding tert-OH is 1. The molecule has 1 aromatic heterocycles. The molecule has 14 heavy (non-hydrogen) atoms. The Morgan fingerprint density at radius 1 is 1.43 bits per heavy atom. The lowest BCUT2D eigenvalue weighted by Crippen LogP contribution is -2.24. The molecule has 0 fully saturated rings. The molecule has 0 saturated carbocycles. The van der Waals surface area contributed by atoms with Crippen LogP contribution in [-0.4, -0.2) is 11.7 Å². The third-order valence-electron chi connectivity index (χ3n) is 2.81. The first-order valence-corrected chi connectivity index (χ1v) is 6.10. The number of hydrogen-bond acceptors (Lipinski definition) is 2. The van der Waals surface area contributed by atoms with Crippen molar-refractivity contribution in [2.75, 3.05) is 6.61 Å². The summed E-state index contributed by atoms with van der Waals surface area (Å²) in [7, 11) is 0. The number of thiophene rings is 1. The summed E-state index contributed by atoms with van der Waals surface area (Å²) in [6.07, 6.45) is 2.17. The van der Waals surface area contributed by atoms with Crippen LogP contribution in [0.4, 0.5) is 0 Å². The van der Waals surface area contributed by atoms with Gasteiger partial charge in [-0.05, 0) is 46.6 Å². The highest BCUT2D eigenvalue weighted by Gasteiger charge is 2.23. The van der Waals surface area contributed by atoms with Crippen molar-refractivity contribution in [3.63, 3.8) is 0 Å². The van der Waals surface area contributed by atoms with Gasteiger partial charge in [-0.1, -0.05) is 20.8 Å². The van der Waals surface area contributed by atoms with E-state index >= 15 is 0 Å². The van der Waals surface area contributed by atoms with Gasteiger partial charge in [0.15, 0.2) is 0 Å². The Bertz CT molecular complexity index is 246. The van der Waals surface area contributed by atoms with Crippen LogP contribution in [0.5, 0.6) is 0 Å². The Labute approximate surface area is 90.8 Å². The SMILES string of the molecule is CC(C)(C)C(CO)CCc1ccsc1. The maximum absolute atomic E-state index is 9.29. The van der Waals surface area contributed by atoms with E-state index in [1.807, 2.05) is 0 Å². The smallest absolute Gasteiger partial charge is 0.0464 e. The lowest BCUT2D eigenvalue weighted by molar-refractivity contribution is 0.123. The molecular formula is C12H20OS. The first-order valence-electron chi connectivity index (χ1n) is 5.16. The lowest BCUT2D eigenvalue weighted by Gasteiger charge is -2.28. The monoisotopic (exact) mass is 212 g/mol. The molecule has 80 valence electrons. The molecule has 0 aliphatic rings. The van der Waals surface area contributed by atoms with Gasteiger partial charge in [0, 0.05) is 6.61 Å². The van der Waals surface area contributed by atoms with Gasteiger partial charge in [0.25, 0.3) is 0 Å².